The van der Waals surface area contributed by atoms with Crippen LogP contribution in [0.15, 0.2) is 12.1 Å². The first-order chi connectivity index (χ1) is 7.72. The van der Waals surface area contributed by atoms with Crippen LogP contribution in [0.1, 0.15) is 10.4 Å². The van der Waals surface area contributed by atoms with Crippen LogP contribution in [0.5, 0.6) is 11.5 Å². The van der Waals surface area contributed by atoms with Crippen molar-refractivity contribution in [3.8, 4) is 11.5 Å². The molecular formula is C10H12Cl2N2O3. The van der Waals surface area contributed by atoms with Gasteiger partial charge < -0.3 is 20.5 Å². The summed E-state index contributed by atoms with van der Waals surface area (Å²) in [5, 5.41) is 3.02. The SMILES string of the molecule is Cl.NCCNC(=O)c1cc(Cl)c2c(c1)OCO2. The van der Waals surface area contributed by atoms with E-state index in [2.05, 4.69) is 5.32 Å². The van der Waals surface area contributed by atoms with Crippen LogP contribution in [0, 0.1) is 0 Å². The monoisotopic (exact) mass is 278 g/mol. The van der Waals surface area contributed by atoms with E-state index in [0.29, 0.717) is 35.2 Å². The van der Waals surface area contributed by atoms with E-state index in [9.17, 15) is 4.79 Å². The Morgan fingerprint density at radius 2 is 2.24 bits per heavy atom. The molecule has 0 fully saturated rings. The van der Waals surface area contributed by atoms with Gasteiger partial charge in [-0.2, -0.15) is 0 Å². The lowest BCUT2D eigenvalue weighted by Gasteiger charge is -2.05. The van der Waals surface area contributed by atoms with E-state index in [-0.39, 0.29) is 25.1 Å². The Labute approximate surface area is 110 Å². The number of amides is 1. The molecule has 0 bridgehead atoms. The molecule has 0 saturated carbocycles. The van der Waals surface area contributed by atoms with Crippen molar-refractivity contribution in [1.29, 1.82) is 0 Å². The van der Waals surface area contributed by atoms with Gasteiger partial charge in [-0.25, -0.2) is 0 Å². The number of carbonyl (C=O) groups is 1. The number of ether oxygens (including phenoxy) is 2. The third-order valence-corrected chi connectivity index (χ3v) is 2.40. The molecule has 0 unspecified atom stereocenters. The molecule has 1 heterocycles. The molecule has 2 rings (SSSR count). The summed E-state index contributed by atoms with van der Waals surface area (Å²) in [5.74, 6) is 0.744. The van der Waals surface area contributed by atoms with Crippen molar-refractivity contribution in [2.75, 3.05) is 19.9 Å². The molecule has 1 aliphatic rings. The molecule has 0 saturated heterocycles. The van der Waals surface area contributed by atoms with Crippen LogP contribution < -0.4 is 20.5 Å². The molecule has 17 heavy (non-hydrogen) atoms. The van der Waals surface area contributed by atoms with Gasteiger partial charge in [-0.15, -0.1) is 12.4 Å². The van der Waals surface area contributed by atoms with E-state index in [1.165, 1.54) is 0 Å². The molecule has 1 aliphatic heterocycles. The van der Waals surface area contributed by atoms with E-state index >= 15 is 0 Å². The molecule has 0 spiro atoms. The fourth-order valence-electron chi connectivity index (χ4n) is 1.39. The van der Waals surface area contributed by atoms with Gasteiger partial charge in [0, 0.05) is 18.7 Å². The Bertz CT molecular complexity index is 426. The van der Waals surface area contributed by atoms with Gasteiger partial charge in [-0.3, -0.25) is 4.79 Å². The lowest BCUT2D eigenvalue weighted by molar-refractivity contribution is 0.0954. The van der Waals surface area contributed by atoms with Crippen molar-refractivity contribution in [1.82, 2.24) is 5.32 Å². The summed E-state index contributed by atoms with van der Waals surface area (Å²) in [6.45, 7) is 0.942. The molecular weight excluding hydrogens is 267 g/mol. The number of benzene rings is 1. The minimum absolute atomic E-state index is 0. The first-order valence-corrected chi connectivity index (χ1v) is 5.17. The zero-order valence-corrected chi connectivity index (χ0v) is 10.4. The molecule has 1 aromatic carbocycles. The van der Waals surface area contributed by atoms with Crippen LogP contribution in [0.2, 0.25) is 5.02 Å². The molecule has 1 amide bonds. The van der Waals surface area contributed by atoms with Gasteiger partial charge in [-0.05, 0) is 12.1 Å². The molecule has 3 N–H and O–H groups in total. The highest BCUT2D eigenvalue weighted by atomic mass is 35.5. The lowest BCUT2D eigenvalue weighted by Crippen LogP contribution is -2.28. The zero-order chi connectivity index (χ0) is 11.5. The summed E-state index contributed by atoms with van der Waals surface area (Å²) in [4.78, 5) is 11.6. The van der Waals surface area contributed by atoms with Crippen LogP contribution >= 0.6 is 24.0 Å². The molecule has 0 aromatic heterocycles. The van der Waals surface area contributed by atoms with Gasteiger partial charge >= 0.3 is 0 Å². The zero-order valence-electron chi connectivity index (χ0n) is 8.86. The summed E-state index contributed by atoms with van der Waals surface area (Å²) in [7, 11) is 0. The first kappa shape index (κ1) is 13.9. The number of hydrogen-bond acceptors (Lipinski definition) is 4. The standard InChI is InChI=1S/C10H11ClN2O3.ClH/c11-7-3-6(10(14)13-2-1-12)4-8-9(7)16-5-15-8;/h3-4H,1-2,5,12H2,(H,13,14);1H. The van der Waals surface area contributed by atoms with E-state index < -0.39 is 0 Å². The maximum atomic E-state index is 11.6. The van der Waals surface area contributed by atoms with Gasteiger partial charge in [0.2, 0.25) is 6.79 Å². The van der Waals surface area contributed by atoms with Crippen molar-refractivity contribution in [2.45, 2.75) is 0 Å². The topological polar surface area (TPSA) is 73.6 Å². The van der Waals surface area contributed by atoms with Crippen LogP contribution in [0.3, 0.4) is 0 Å². The van der Waals surface area contributed by atoms with Gasteiger partial charge in [0.15, 0.2) is 11.5 Å². The quantitative estimate of drug-likeness (QED) is 0.871. The van der Waals surface area contributed by atoms with Gasteiger partial charge in [0.1, 0.15) is 0 Å². The van der Waals surface area contributed by atoms with Crippen molar-refractivity contribution >= 4 is 29.9 Å². The van der Waals surface area contributed by atoms with Gasteiger partial charge in [-0.1, -0.05) is 11.6 Å². The third-order valence-electron chi connectivity index (χ3n) is 2.12. The second kappa shape index (κ2) is 5.95. The molecule has 0 atom stereocenters. The number of fused-ring (bicyclic) bond motifs is 1. The van der Waals surface area contributed by atoms with Crippen LogP contribution in [0.4, 0.5) is 0 Å². The number of nitrogens with one attached hydrogen (secondary N) is 1. The maximum absolute atomic E-state index is 11.6. The van der Waals surface area contributed by atoms with E-state index in [4.69, 9.17) is 26.8 Å². The minimum atomic E-state index is -0.231. The summed E-state index contributed by atoms with van der Waals surface area (Å²) in [6, 6.07) is 3.14. The van der Waals surface area contributed by atoms with E-state index in [1.54, 1.807) is 12.1 Å². The number of nitrogens with two attached hydrogens (primary N) is 1. The van der Waals surface area contributed by atoms with Gasteiger partial charge in [0.05, 0.1) is 5.02 Å². The minimum Gasteiger partial charge on any atom is -0.454 e. The number of hydrogen-bond donors (Lipinski definition) is 2. The third kappa shape index (κ3) is 2.94. The fraction of sp³-hybridized carbons (Fsp3) is 0.300. The summed E-state index contributed by atoms with van der Waals surface area (Å²) in [5.41, 5.74) is 5.72. The molecule has 0 aliphatic carbocycles. The van der Waals surface area contributed by atoms with Crippen molar-refractivity contribution in [3.05, 3.63) is 22.7 Å². The predicted octanol–water partition coefficient (Wildman–Crippen LogP) is 1.18. The summed E-state index contributed by atoms with van der Waals surface area (Å²) in [6.07, 6.45) is 0. The Morgan fingerprint density at radius 1 is 1.47 bits per heavy atom. The maximum Gasteiger partial charge on any atom is 0.251 e. The van der Waals surface area contributed by atoms with Crippen molar-refractivity contribution in [2.24, 2.45) is 5.73 Å². The first-order valence-electron chi connectivity index (χ1n) is 4.80. The Balaban J connectivity index is 0.00000144. The Kier molecular flexibility index (Phi) is 4.86. The summed E-state index contributed by atoms with van der Waals surface area (Å²) < 4.78 is 10.3. The predicted molar refractivity (Wildman–Crippen MR) is 66.2 cm³/mol. The Morgan fingerprint density at radius 3 is 2.94 bits per heavy atom. The molecule has 1 aromatic rings. The average molecular weight is 279 g/mol. The van der Waals surface area contributed by atoms with Crippen LogP contribution in [-0.2, 0) is 0 Å². The lowest BCUT2D eigenvalue weighted by atomic mass is 10.2. The molecule has 94 valence electrons. The largest absolute Gasteiger partial charge is 0.454 e. The average Bonchev–Trinajstić information content (AvgIpc) is 2.74. The Hall–Kier alpha value is -1.17. The molecule has 0 radical (unpaired) electrons. The van der Waals surface area contributed by atoms with Crippen molar-refractivity contribution in [3.63, 3.8) is 0 Å². The smallest absolute Gasteiger partial charge is 0.251 e. The fourth-order valence-corrected chi connectivity index (χ4v) is 1.65. The number of carbonyl (C=O) groups excluding carboxylic acids is 1. The van der Waals surface area contributed by atoms with Gasteiger partial charge in [0.25, 0.3) is 5.91 Å². The van der Waals surface area contributed by atoms with Crippen LogP contribution in [0.25, 0.3) is 0 Å². The summed E-state index contributed by atoms with van der Waals surface area (Å²) >= 11 is 5.94. The second-order valence-electron chi connectivity index (χ2n) is 3.24. The van der Waals surface area contributed by atoms with E-state index in [1.807, 2.05) is 0 Å². The van der Waals surface area contributed by atoms with Crippen LogP contribution in [-0.4, -0.2) is 25.8 Å². The molecule has 7 heteroatoms. The number of halogens is 2. The highest BCUT2D eigenvalue weighted by molar-refractivity contribution is 6.32. The van der Waals surface area contributed by atoms with Crippen molar-refractivity contribution < 1.29 is 14.3 Å². The normalized spacial score (nSPS) is 11.9. The highest BCUT2D eigenvalue weighted by Crippen LogP contribution is 2.39. The molecule has 5 nitrogen and oxygen atoms in total. The number of rotatable bonds is 3. The second-order valence-corrected chi connectivity index (χ2v) is 3.64. The van der Waals surface area contributed by atoms with E-state index in [0.717, 1.165) is 0 Å². The highest BCUT2D eigenvalue weighted by Gasteiger charge is 2.20.